The second-order valence-electron chi connectivity index (χ2n) is 6.21. The molecule has 0 fully saturated rings. The highest BCUT2D eigenvalue weighted by Crippen LogP contribution is 2.38. The van der Waals surface area contributed by atoms with Crippen LogP contribution >= 0.6 is 22.6 Å². The van der Waals surface area contributed by atoms with Gasteiger partial charge in [-0.25, -0.2) is 4.98 Å². The van der Waals surface area contributed by atoms with Gasteiger partial charge in [0.1, 0.15) is 5.82 Å². The first-order chi connectivity index (χ1) is 12.8. The second-order valence-corrected chi connectivity index (χ2v) is 7.23. The normalized spacial score (nSPS) is 11.5. The zero-order valence-corrected chi connectivity index (χ0v) is 16.2. The first-order valence-corrected chi connectivity index (χ1v) is 9.47. The van der Waals surface area contributed by atoms with Crippen molar-refractivity contribution in [1.29, 1.82) is 0 Å². The van der Waals surface area contributed by atoms with Crippen molar-refractivity contribution in [3.8, 4) is 11.1 Å². The van der Waals surface area contributed by atoms with Gasteiger partial charge in [0, 0.05) is 29.6 Å². The van der Waals surface area contributed by atoms with Gasteiger partial charge in [-0.3, -0.25) is 4.98 Å². The maximum Gasteiger partial charge on any atom is 0.171 e. The summed E-state index contributed by atoms with van der Waals surface area (Å²) in [5, 5.41) is 7.86. The first kappa shape index (κ1) is 15.6. The van der Waals surface area contributed by atoms with Gasteiger partial charge in [-0.15, -0.1) is 0 Å². The van der Waals surface area contributed by atoms with E-state index in [4.69, 9.17) is 0 Å². The topological polar surface area (TPSA) is 53.6 Å². The molecule has 0 aliphatic carbocycles. The van der Waals surface area contributed by atoms with Crippen molar-refractivity contribution >= 4 is 61.0 Å². The van der Waals surface area contributed by atoms with Crippen LogP contribution in [0.5, 0.6) is 0 Å². The maximum atomic E-state index is 4.68. The summed E-state index contributed by atoms with van der Waals surface area (Å²) in [4.78, 5) is 12.7. The highest BCUT2D eigenvalue weighted by atomic mass is 127. The molecule has 2 aromatic heterocycles. The van der Waals surface area contributed by atoms with Crippen LogP contribution in [0.15, 0.2) is 60.8 Å². The molecule has 126 valence electrons. The Kier molecular flexibility index (Phi) is 3.56. The molecule has 2 N–H and O–H groups in total. The number of hydrogen-bond donors (Lipinski definition) is 2. The SMILES string of the molecule is CNc1nc(I)[nH]c2cc(-c3cccc4ccccc34)c3nccc3c12. The maximum absolute atomic E-state index is 4.68. The molecular weight excluding hydrogens is 435 g/mol. The Morgan fingerprint density at radius 3 is 2.69 bits per heavy atom. The molecular formula is C21H15IN4. The quantitative estimate of drug-likeness (QED) is 0.273. The number of benzene rings is 3. The average Bonchev–Trinajstić information content (AvgIpc) is 3.15. The van der Waals surface area contributed by atoms with Crippen LogP contribution in [0, 0.1) is 3.83 Å². The van der Waals surface area contributed by atoms with Crippen LogP contribution in [-0.4, -0.2) is 22.0 Å². The summed E-state index contributed by atoms with van der Waals surface area (Å²) in [5.41, 5.74) is 4.38. The largest absolute Gasteiger partial charge is 0.372 e. The number of hydrogen-bond acceptors (Lipinski definition) is 3. The molecule has 0 aliphatic rings. The highest BCUT2D eigenvalue weighted by molar-refractivity contribution is 14.1. The smallest absolute Gasteiger partial charge is 0.171 e. The molecule has 5 heteroatoms. The Labute approximate surface area is 163 Å². The number of nitrogens with one attached hydrogen (secondary N) is 2. The van der Waals surface area contributed by atoms with E-state index in [9.17, 15) is 0 Å². The third-order valence-corrected chi connectivity index (χ3v) is 5.29. The van der Waals surface area contributed by atoms with E-state index in [1.165, 1.54) is 16.3 Å². The van der Waals surface area contributed by atoms with Crippen LogP contribution in [0.2, 0.25) is 0 Å². The third-order valence-electron chi connectivity index (χ3n) is 4.78. The zero-order valence-electron chi connectivity index (χ0n) is 14.0. The van der Waals surface area contributed by atoms with Gasteiger partial charge in [0.05, 0.1) is 11.0 Å². The van der Waals surface area contributed by atoms with Crippen molar-refractivity contribution in [2.24, 2.45) is 0 Å². The molecule has 0 unspecified atom stereocenters. The van der Waals surface area contributed by atoms with Gasteiger partial charge in [-0.2, -0.15) is 0 Å². The van der Waals surface area contributed by atoms with E-state index in [0.29, 0.717) is 0 Å². The molecule has 0 atom stereocenters. The number of aromatic amines is 1. The molecule has 0 radical (unpaired) electrons. The minimum atomic E-state index is 0.849. The lowest BCUT2D eigenvalue weighted by molar-refractivity contribution is 1.15. The summed E-state index contributed by atoms with van der Waals surface area (Å²) in [6, 6.07) is 19.2. The monoisotopic (exact) mass is 450 g/mol. The summed E-state index contributed by atoms with van der Waals surface area (Å²) in [7, 11) is 1.90. The number of nitrogens with zero attached hydrogens (tertiary/aromatic N) is 2. The first-order valence-electron chi connectivity index (χ1n) is 8.39. The summed E-state index contributed by atoms with van der Waals surface area (Å²) in [5.74, 6) is 0.866. The van der Waals surface area contributed by atoms with Crippen LogP contribution in [0.3, 0.4) is 0 Å². The summed E-state index contributed by atoms with van der Waals surface area (Å²) in [6.45, 7) is 0. The molecule has 0 spiro atoms. The standard InChI is InChI=1S/C21H15IN4/c1-23-20-18-15-9-10-24-19(15)16(11-17(18)25-21(22)26-20)14-8-4-6-12-5-2-3-7-13(12)14/h2-11,23H,1H3,(H,25,26). The fraction of sp³-hybridized carbons (Fsp3) is 0.0476. The Morgan fingerprint density at radius 2 is 1.81 bits per heavy atom. The highest BCUT2D eigenvalue weighted by Gasteiger charge is 2.16. The number of H-pyrrole nitrogens is 1. The van der Waals surface area contributed by atoms with Crippen molar-refractivity contribution < 1.29 is 0 Å². The average molecular weight is 450 g/mol. The summed E-state index contributed by atoms with van der Waals surface area (Å²) >= 11 is 2.22. The summed E-state index contributed by atoms with van der Waals surface area (Å²) in [6.07, 6.45) is 1.87. The van der Waals surface area contributed by atoms with E-state index in [0.717, 1.165) is 37.0 Å². The van der Waals surface area contributed by atoms with Crippen molar-refractivity contribution in [1.82, 2.24) is 15.0 Å². The Morgan fingerprint density at radius 1 is 0.962 bits per heavy atom. The van der Waals surface area contributed by atoms with Gasteiger partial charge in [-0.05, 0) is 51.1 Å². The van der Waals surface area contributed by atoms with E-state index in [1.807, 2.05) is 13.2 Å². The number of halogens is 1. The number of anilines is 1. The molecule has 0 saturated heterocycles. The predicted molar refractivity (Wildman–Crippen MR) is 117 cm³/mol. The zero-order chi connectivity index (χ0) is 17.7. The molecule has 0 bridgehead atoms. The lowest BCUT2D eigenvalue weighted by Crippen LogP contribution is -1.99. The van der Waals surface area contributed by atoms with E-state index in [1.54, 1.807) is 0 Å². The van der Waals surface area contributed by atoms with Gasteiger partial charge < -0.3 is 10.3 Å². The Bertz CT molecular complexity index is 1280. The molecule has 0 amide bonds. The van der Waals surface area contributed by atoms with Crippen LogP contribution in [0.4, 0.5) is 5.82 Å². The lowest BCUT2D eigenvalue weighted by atomic mass is 9.95. The molecule has 4 nitrogen and oxygen atoms in total. The number of rotatable bonds is 2. The Balaban J connectivity index is 1.95. The van der Waals surface area contributed by atoms with Crippen LogP contribution in [-0.2, 0) is 0 Å². The fourth-order valence-electron chi connectivity index (χ4n) is 3.67. The molecule has 2 heterocycles. The van der Waals surface area contributed by atoms with Gasteiger partial charge in [-0.1, -0.05) is 42.5 Å². The van der Waals surface area contributed by atoms with E-state index in [2.05, 4.69) is 97.5 Å². The third kappa shape index (κ3) is 2.27. The second kappa shape index (κ2) is 5.95. The van der Waals surface area contributed by atoms with Crippen LogP contribution in [0.1, 0.15) is 0 Å². The van der Waals surface area contributed by atoms with Gasteiger partial charge in [0.15, 0.2) is 3.83 Å². The van der Waals surface area contributed by atoms with Gasteiger partial charge in [0.25, 0.3) is 0 Å². The minimum Gasteiger partial charge on any atom is -0.372 e. The number of fused-ring (bicyclic) bond motifs is 4. The van der Waals surface area contributed by atoms with Crippen LogP contribution < -0.4 is 5.32 Å². The predicted octanol–water partition coefficient (Wildman–Crippen LogP) is 5.58. The molecule has 0 saturated carbocycles. The van der Waals surface area contributed by atoms with Crippen molar-refractivity contribution in [3.05, 3.63) is 64.6 Å². The van der Waals surface area contributed by atoms with Crippen LogP contribution in [0.25, 0.3) is 43.7 Å². The summed E-state index contributed by atoms with van der Waals surface area (Å²) < 4.78 is 0.849. The Hall–Kier alpha value is -2.67. The van der Waals surface area contributed by atoms with Crippen molar-refractivity contribution in [3.63, 3.8) is 0 Å². The molecule has 5 aromatic rings. The van der Waals surface area contributed by atoms with Gasteiger partial charge in [0.2, 0.25) is 0 Å². The molecule has 26 heavy (non-hydrogen) atoms. The number of aromatic nitrogens is 3. The fourth-order valence-corrected chi connectivity index (χ4v) is 4.21. The van der Waals surface area contributed by atoms with Crippen molar-refractivity contribution in [2.45, 2.75) is 0 Å². The van der Waals surface area contributed by atoms with E-state index >= 15 is 0 Å². The molecule has 3 aromatic carbocycles. The van der Waals surface area contributed by atoms with E-state index in [-0.39, 0.29) is 0 Å². The minimum absolute atomic E-state index is 0.849. The molecule has 0 aliphatic heterocycles. The lowest BCUT2D eigenvalue weighted by Gasteiger charge is -2.13. The van der Waals surface area contributed by atoms with E-state index < -0.39 is 0 Å². The molecule has 5 rings (SSSR count). The van der Waals surface area contributed by atoms with Gasteiger partial charge >= 0.3 is 0 Å². The van der Waals surface area contributed by atoms with Crippen molar-refractivity contribution in [2.75, 3.05) is 12.4 Å².